The predicted octanol–water partition coefficient (Wildman–Crippen LogP) is 2.08. The highest BCUT2D eigenvalue weighted by atomic mass is 16.6. The van der Waals surface area contributed by atoms with Crippen LogP contribution in [0.3, 0.4) is 0 Å². The van der Waals surface area contributed by atoms with Crippen LogP contribution in [0.15, 0.2) is 30.6 Å². The Morgan fingerprint density at radius 1 is 1.33 bits per heavy atom. The number of methoxy groups -OCH3 is 1. The van der Waals surface area contributed by atoms with Crippen LogP contribution in [-0.2, 0) is 4.74 Å². The molecule has 0 aromatic carbocycles. The Bertz CT molecular complexity index is 855. The van der Waals surface area contributed by atoms with E-state index in [9.17, 15) is 14.9 Å². The van der Waals surface area contributed by atoms with E-state index in [1.165, 1.54) is 18.5 Å². The van der Waals surface area contributed by atoms with Gasteiger partial charge in [-0.1, -0.05) is 0 Å². The minimum absolute atomic E-state index is 0.0642. The Hall–Kier alpha value is -3.47. The lowest BCUT2D eigenvalue weighted by Gasteiger charge is -2.37. The van der Waals surface area contributed by atoms with Gasteiger partial charge in [-0.3, -0.25) is 5.32 Å². The Kier molecular flexibility index (Phi) is 5.31. The quantitative estimate of drug-likeness (QED) is 0.580. The highest BCUT2D eigenvalue weighted by Crippen LogP contribution is 2.29. The van der Waals surface area contributed by atoms with Crippen LogP contribution in [0, 0.1) is 10.1 Å². The van der Waals surface area contributed by atoms with Gasteiger partial charge in [-0.2, -0.15) is 0 Å². The second-order valence-corrected chi connectivity index (χ2v) is 5.72. The summed E-state index contributed by atoms with van der Waals surface area (Å²) in [6.45, 7) is 1.06. The zero-order valence-electron chi connectivity index (χ0n) is 14.7. The second-order valence-electron chi connectivity index (χ2n) is 5.72. The molecule has 0 atom stereocenters. The summed E-state index contributed by atoms with van der Waals surface area (Å²) in [5.74, 6) is 0.731. The fourth-order valence-corrected chi connectivity index (χ4v) is 2.44. The Morgan fingerprint density at radius 3 is 2.78 bits per heavy atom. The first-order valence-corrected chi connectivity index (χ1v) is 8.05. The maximum Gasteiger partial charge on any atom is 0.387 e. The number of carbonyl (C=O) groups excluding carboxylic acids is 1. The molecule has 11 heteroatoms. The van der Waals surface area contributed by atoms with E-state index in [4.69, 9.17) is 9.47 Å². The van der Waals surface area contributed by atoms with E-state index in [-0.39, 0.29) is 23.6 Å². The van der Waals surface area contributed by atoms with Gasteiger partial charge in [-0.25, -0.2) is 9.78 Å². The summed E-state index contributed by atoms with van der Waals surface area (Å²) in [4.78, 5) is 31.9. The van der Waals surface area contributed by atoms with Crippen molar-refractivity contribution in [3.8, 4) is 11.5 Å². The number of rotatable bonds is 6. The molecule has 0 aliphatic carbocycles. The number of urea groups is 1. The maximum atomic E-state index is 12.1. The number of carbonyl (C=O) groups is 1. The molecule has 0 spiro atoms. The molecule has 2 N–H and O–H groups in total. The van der Waals surface area contributed by atoms with Crippen LogP contribution in [0.25, 0.3) is 0 Å². The SMILES string of the molecule is CNc1cc(Oc2ccnc(NC(=O)N3CC(OC)C3)c2)cnc1[N+](=O)[O-]. The van der Waals surface area contributed by atoms with Crippen molar-refractivity contribution in [2.75, 3.05) is 37.9 Å². The molecule has 0 bridgehead atoms. The van der Waals surface area contributed by atoms with Gasteiger partial charge >= 0.3 is 11.8 Å². The van der Waals surface area contributed by atoms with E-state index in [1.807, 2.05) is 0 Å². The predicted molar refractivity (Wildman–Crippen MR) is 96.1 cm³/mol. The zero-order valence-corrected chi connectivity index (χ0v) is 14.7. The van der Waals surface area contributed by atoms with Crippen molar-refractivity contribution in [1.82, 2.24) is 14.9 Å². The third kappa shape index (κ3) is 4.20. The molecule has 2 aromatic heterocycles. The molecule has 2 aromatic rings. The minimum Gasteiger partial charge on any atom is -0.453 e. The van der Waals surface area contributed by atoms with Crippen LogP contribution in [0.2, 0.25) is 0 Å². The second kappa shape index (κ2) is 7.83. The van der Waals surface area contributed by atoms with E-state index in [2.05, 4.69) is 20.6 Å². The third-order valence-corrected chi connectivity index (χ3v) is 3.95. The monoisotopic (exact) mass is 374 g/mol. The number of aromatic nitrogens is 2. The zero-order chi connectivity index (χ0) is 19.4. The highest BCUT2D eigenvalue weighted by Gasteiger charge is 2.30. The molecule has 11 nitrogen and oxygen atoms in total. The Balaban J connectivity index is 1.67. The van der Waals surface area contributed by atoms with Crippen molar-refractivity contribution < 1.29 is 19.2 Å². The van der Waals surface area contributed by atoms with Crippen LogP contribution in [-0.4, -0.2) is 59.2 Å². The van der Waals surface area contributed by atoms with Crippen molar-refractivity contribution >= 4 is 23.4 Å². The van der Waals surface area contributed by atoms with Gasteiger partial charge in [-0.05, 0) is 16.0 Å². The van der Waals surface area contributed by atoms with Gasteiger partial charge in [0.15, 0.2) is 11.9 Å². The summed E-state index contributed by atoms with van der Waals surface area (Å²) in [5, 5.41) is 16.3. The lowest BCUT2D eigenvalue weighted by molar-refractivity contribution is -0.388. The molecule has 3 heterocycles. The molecule has 0 radical (unpaired) electrons. The number of pyridine rings is 2. The molecule has 27 heavy (non-hydrogen) atoms. The summed E-state index contributed by atoms with van der Waals surface area (Å²) in [6.07, 6.45) is 2.80. The first kappa shape index (κ1) is 18.3. The third-order valence-electron chi connectivity index (χ3n) is 3.95. The molecule has 0 unspecified atom stereocenters. The average molecular weight is 374 g/mol. The maximum absolute atomic E-state index is 12.1. The highest BCUT2D eigenvalue weighted by molar-refractivity contribution is 5.89. The molecular weight excluding hydrogens is 356 g/mol. The minimum atomic E-state index is -0.584. The van der Waals surface area contributed by atoms with Gasteiger partial charge in [0.25, 0.3) is 0 Å². The number of hydrogen-bond acceptors (Lipinski definition) is 8. The fraction of sp³-hybridized carbons (Fsp3) is 0.312. The molecule has 142 valence electrons. The van der Waals surface area contributed by atoms with E-state index < -0.39 is 4.92 Å². The van der Waals surface area contributed by atoms with Gasteiger partial charge in [0.05, 0.1) is 19.2 Å². The van der Waals surface area contributed by atoms with Crippen molar-refractivity contribution in [2.24, 2.45) is 0 Å². The number of hydrogen-bond donors (Lipinski definition) is 2. The van der Waals surface area contributed by atoms with Crippen LogP contribution >= 0.6 is 0 Å². The van der Waals surface area contributed by atoms with Gasteiger partial charge in [-0.15, -0.1) is 0 Å². The summed E-state index contributed by atoms with van der Waals surface area (Å²) in [6, 6.07) is 4.34. The topological polar surface area (TPSA) is 132 Å². The van der Waals surface area contributed by atoms with E-state index >= 15 is 0 Å². The molecule has 0 saturated carbocycles. The van der Waals surface area contributed by atoms with Crippen LogP contribution in [0.5, 0.6) is 11.5 Å². The number of nitrogens with one attached hydrogen (secondary N) is 2. The lowest BCUT2D eigenvalue weighted by atomic mass is 10.2. The van der Waals surface area contributed by atoms with Crippen LogP contribution < -0.4 is 15.4 Å². The number of nitro groups is 1. The van der Waals surface area contributed by atoms with Crippen molar-refractivity contribution in [3.05, 3.63) is 40.7 Å². The van der Waals surface area contributed by atoms with Crippen LogP contribution in [0.4, 0.5) is 22.1 Å². The van der Waals surface area contributed by atoms with Crippen LogP contribution in [0.1, 0.15) is 0 Å². The number of likely N-dealkylation sites (tertiary alicyclic amines) is 1. The standard InChI is InChI=1S/C16H18N6O5/c1-17-13-5-11(7-19-15(13)22(24)25)27-10-3-4-18-14(6-10)20-16(23)21-8-12(9-21)26-2/h3-7,12,17H,8-9H2,1-2H3,(H,18,20,23). The number of ether oxygens (including phenoxy) is 2. The van der Waals surface area contributed by atoms with Gasteiger partial charge < -0.3 is 29.8 Å². The Morgan fingerprint density at radius 2 is 2.11 bits per heavy atom. The van der Waals surface area contributed by atoms with Crippen molar-refractivity contribution in [3.63, 3.8) is 0 Å². The molecular formula is C16H18N6O5. The lowest BCUT2D eigenvalue weighted by Crippen LogP contribution is -2.55. The normalized spacial score (nSPS) is 13.6. The van der Waals surface area contributed by atoms with Gasteiger partial charge in [0, 0.05) is 32.5 Å². The van der Waals surface area contributed by atoms with Crippen molar-refractivity contribution in [1.29, 1.82) is 0 Å². The van der Waals surface area contributed by atoms with Gasteiger partial charge in [0.1, 0.15) is 17.3 Å². The Labute approximate surface area is 154 Å². The summed E-state index contributed by atoms with van der Waals surface area (Å²) < 4.78 is 10.8. The number of anilines is 2. The number of nitrogens with zero attached hydrogens (tertiary/aromatic N) is 4. The number of amides is 2. The molecule has 1 aliphatic heterocycles. The largest absolute Gasteiger partial charge is 0.453 e. The first-order valence-electron chi connectivity index (χ1n) is 8.05. The summed E-state index contributed by atoms with van der Waals surface area (Å²) in [5.41, 5.74) is 0.227. The smallest absolute Gasteiger partial charge is 0.387 e. The van der Waals surface area contributed by atoms with Gasteiger partial charge in [0.2, 0.25) is 0 Å². The first-order chi connectivity index (χ1) is 13.0. The fourth-order valence-electron chi connectivity index (χ4n) is 2.44. The van der Waals surface area contributed by atoms with E-state index in [0.29, 0.717) is 30.4 Å². The summed E-state index contributed by atoms with van der Waals surface area (Å²) in [7, 11) is 3.16. The molecule has 1 saturated heterocycles. The van der Waals surface area contributed by atoms with Crippen molar-refractivity contribution in [2.45, 2.75) is 6.10 Å². The average Bonchev–Trinajstić information content (AvgIpc) is 2.60. The van der Waals surface area contributed by atoms with E-state index in [0.717, 1.165) is 0 Å². The molecule has 2 amide bonds. The molecule has 3 rings (SSSR count). The molecule has 1 aliphatic rings. The summed E-state index contributed by atoms with van der Waals surface area (Å²) >= 11 is 0. The van der Waals surface area contributed by atoms with E-state index in [1.54, 1.807) is 31.2 Å². The molecule has 1 fully saturated rings.